The SMILES string of the molecule is C#CC(F)(CN)CCC. The molecule has 0 aliphatic heterocycles. The van der Waals surface area contributed by atoms with Crippen LogP contribution in [0.25, 0.3) is 0 Å². The van der Waals surface area contributed by atoms with Crippen molar-refractivity contribution >= 4 is 0 Å². The topological polar surface area (TPSA) is 26.0 Å². The zero-order chi connectivity index (χ0) is 7.33. The number of hydrogen-bond donors (Lipinski definition) is 1. The van der Waals surface area contributed by atoms with Crippen LogP contribution in [0.3, 0.4) is 0 Å². The summed E-state index contributed by atoms with van der Waals surface area (Å²) in [7, 11) is 0. The van der Waals surface area contributed by atoms with E-state index in [1.54, 1.807) is 0 Å². The van der Waals surface area contributed by atoms with E-state index in [9.17, 15) is 4.39 Å². The molecule has 2 heteroatoms. The van der Waals surface area contributed by atoms with E-state index in [-0.39, 0.29) is 6.54 Å². The number of nitrogens with two attached hydrogens (primary N) is 1. The Morgan fingerprint density at radius 3 is 2.44 bits per heavy atom. The fourth-order valence-electron chi connectivity index (χ4n) is 0.629. The van der Waals surface area contributed by atoms with Crippen molar-refractivity contribution in [1.82, 2.24) is 0 Å². The average Bonchev–Trinajstić information content (AvgIpc) is 1.89. The van der Waals surface area contributed by atoms with Gasteiger partial charge in [-0.3, -0.25) is 0 Å². The van der Waals surface area contributed by atoms with Crippen LogP contribution in [-0.4, -0.2) is 12.2 Å². The van der Waals surface area contributed by atoms with Crippen LogP contribution in [0.5, 0.6) is 0 Å². The van der Waals surface area contributed by atoms with Gasteiger partial charge in [-0.1, -0.05) is 19.3 Å². The zero-order valence-electron chi connectivity index (χ0n) is 5.65. The van der Waals surface area contributed by atoms with Crippen LogP contribution in [0.4, 0.5) is 4.39 Å². The van der Waals surface area contributed by atoms with E-state index in [1.807, 2.05) is 12.8 Å². The van der Waals surface area contributed by atoms with Crippen molar-refractivity contribution in [2.24, 2.45) is 5.73 Å². The molecule has 2 N–H and O–H groups in total. The summed E-state index contributed by atoms with van der Waals surface area (Å²) in [6.45, 7) is 1.80. The largest absolute Gasteiger partial charge is 0.327 e. The lowest BCUT2D eigenvalue weighted by molar-refractivity contribution is 0.234. The Balaban J connectivity index is 3.81. The summed E-state index contributed by atoms with van der Waals surface area (Å²) in [6.07, 6.45) is 5.99. The summed E-state index contributed by atoms with van der Waals surface area (Å²) >= 11 is 0. The first kappa shape index (κ1) is 8.45. The lowest BCUT2D eigenvalue weighted by Crippen LogP contribution is -2.30. The molecule has 0 aliphatic carbocycles. The molecule has 0 heterocycles. The predicted molar refractivity (Wildman–Crippen MR) is 36.6 cm³/mol. The van der Waals surface area contributed by atoms with Crippen LogP contribution in [0, 0.1) is 12.3 Å². The van der Waals surface area contributed by atoms with E-state index in [0.717, 1.165) is 6.42 Å². The van der Waals surface area contributed by atoms with E-state index in [1.165, 1.54) is 0 Å². The van der Waals surface area contributed by atoms with Crippen molar-refractivity contribution in [3.63, 3.8) is 0 Å². The van der Waals surface area contributed by atoms with Gasteiger partial charge in [0.2, 0.25) is 0 Å². The van der Waals surface area contributed by atoms with Crippen molar-refractivity contribution in [3.8, 4) is 12.3 Å². The summed E-state index contributed by atoms with van der Waals surface area (Å²) in [5, 5.41) is 0. The molecule has 0 amide bonds. The highest BCUT2D eigenvalue weighted by molar-refractivity contribution is 5.08. The zero-order valence-corrected chi connectivity index (χ0v) is 5.65. The first-order valence-electron chi connectivity index (χ1n) is 3.05. The Kier molecular flexibility index (Phi) is 3.26. The Morgan fingerprint density at radius 1 is 1.78 bits per heavy atom. The molecule has 9 heavy (non-hydrogen) atoms. The van der Waals surface area contributed by atoms with Crippen molar-refractivity contribution in [2.45, 2.75) is 25.4 Å². The summed E-state index contributed by atoms with van der Waals surface area (Å²) in [5.74, 6) is 2.04. The predicted octanol–water partition coefficient (Wildman–Crippen LogP) is 1.09. The number of rotatable bonds is 3. The van der Waals surface area contributed by atoms with Gasteiger partial charge in [0.15, 0.2) is 5.67 Å². The van der Waals surface area contributed by atoms with Crippen LogP contribution in [0.2, 0.25) is 0 Å². The first-order valence-corrected chi connectivity index (χ1v) is 3.05. The van der Waals surface area contributed by atoms with Gasteiger partial charge in [0.05, 0.1) is 0 Å². The Labute approximate surface area is 55.4 Å². The van der Waals surface area contributed by atoms with Gasteiger partial charge in [-0.25, -0.2) is 4.39 Å². The number of hydrogen-bond acceptors (Lipinski definition) is 1. The molecular weight excluding hydrogens is 117 g/mol. The minimum absolute atomic E-state index is 0.0721. The van der Waals surface area contributed by atoms with Gasteiger partial charge in [-0.2, -0.15) is 0 Å². The third-order valence-corrected chi connectivity index (χ3v) is 1.23. The highest BCUT2D eigenvalue weighted by Crippen LogP contribution is 2.14. The van der Waals surface area contributed by atoms with Gasteiger partial charge in [0, 0.05) is 6.54 Å². The van der Waals surface area contributed by atoms with Crippen molar-refractivity contribution in [2.75, 3.05) is 6.54 Å². The molecule has 1 unspecified atom stereocenters. The van der Waals surface area contributed by atoms with Gasteiger partial charge >= 0.3 is 0 Å². The Hall–Kier alpha value is -0.550. The highest BCUT2D eigenvalue weighted by atomic mass is 19.1. The van der Waals surface area contributed by atoms with Gasteiger partial charge in [-0.05, 0) is 6.42 Å². The van der Waals surface area contributed by atoms with Crippen LogP contribution in [0.15, 0.2) is 0 Å². The lowest BCUT2D eigenvalue weighted by atomic mass is 10.0. The third-order valence-electron chi connectivity index (χ3n) is 1.23. The molecule has 0 spiro atoms. The van der Waals surface area contributed by atoms with Crippen LogP contribution in [0.1, 0.15) is 19.8 Å². The van der Waals surface area contributed by atoms with Gasteiger partial charge in [0.1, 0.15) is 0 Å². The highest BCUT2D eigenvalue weighted by Gasteiger charge is 2.22. The van der Waals surface area contributed by atoms with Gasteiger partial charge < -0.3 is 5.73 Å². The maximum atomic E-state index is 12.9. The van der Waals surface area contributed by atoms with Crippen LogP contribution >= 0.6 is 0 Å². The van der Waals surface area contributed by atoms with E-state index in [4.69, 9.17) is 12.2 Å². The molecule has 0 fully saturated rings. The molecule has 1 nitrogen and oxygen atoms in total. The molecule has 0 bridgehead atoms. The second kappa shape index (κ2) is 3.47. The van der Waals surface area contributed by atoms with E-state index < -0.39 is 5.67 Å². The monoisotopic (exact) mass is 129 g/mol. The number of halogens is 1. The van der Waals surface area contributed by atoms with Crippen LogP contribution < -0.4 is 5.73 Å². The molecule has 0 saturated heterocycles. The normalized spacial score (nSPS) is 16.2. The molecule has 0 saturated carbocycles. The molecule has 0 aromatic carbocycles. The second-order valence-electron chi connectivity index (χ2n) is 2.06. The fourth-order valence-corrected chi connectivity index (χ4v) is 0.629. The average molecular weight is 129 g/mol. The number of alkyl halides is 1. The molecular formula is C7H12FN. The lowest BCUT2D eigenvalue weighted by Gasteiger charge is -2.14. The molecule has 0 aliphatic rings. The van der Waals surface area contributed by atoms with E-state index >= 15 is 0 Å². The second-order valence-corrected chi connectivity index (χ2v) is 2.06. The molecule has 0 radical (unpaired) electrons. The minimum Gasteiger partial charge on any atom is -0.327 e. The molecule has 1 atom stereocenters. The summed E-state index contributed by atoms with van der Waals surface area (Å²) < 4.78 is 12.9. The Bertz CT molecular complexity index is 117. The summed E-state index contributed by atoms with van der Waals surface area (Å²) in [4.78, 5) is 0. The first-order chi connectivity index (χ1) is 4.18. The summed E-state index contributed by atoms with van der Waals surface area (Å²) in [5.41, 5.74) is 3.53. The quantitative estimate of drug-likeness (QED) is 0.567. The van der Waals surface area contributed by atoms with Crippen molar-refractivity contribution in [3.05, 3.63) is 0 Å². The number of terminal acetylenes is 1. The van der Waals surface area contributed by atoms with Crippen molar-refractivity contribution < 1.29 is 4.39 Å². The van der Waals surface area contributed by atoms with E-state index in [2.05, 4.69) is 0 Å². The summed E-state index contributed by atoms with van der Waals surface area (Å²) in [6, 6.07) is 0. The maximum absolute atomic E-state index is 12.9. The molecule has 0 aromatic heterocycles. The smallest absolute Gasteiger partial charge is 0.182 e. The molecule has 0 rings (SSSR count). The third kappa shape index (κ3) is 2.48. The standard InChI is InChI=1S/C7H12FN/c1-3-5-7(8,4-2)6-9/h2H,3,5-6,9H2,1H3. The Morgan fingerprint density at radius 2 is 2.33 bits per heavy atom. The molecule has 52 valence electrons. The van der Waals surface area contributed by atoms with E-state index in [0.29, 0.717) is 6.42 Å². The van der Waals surface area contributed by atoms with Crippen LogP contribution in [-0.2, 0) is 0 Å². The maximum Gasteiger partial charge on any atom is 0.182 e. The van der Waals surface area contributed by atoms with Gasteiger partial charge in [0.25, 0.3) is 0 Å². The van der Waals surface area contributed by atoms with Crippen molar-refractivity contribution in [1.29, 1.82) is 0 Å². The molecule has 0 aromatic rings. The van der Waals surface area contributed by atoms with Gasteiger partial charge in [-0.15, -0.1) is 6.42 Å². The fraction of sp³-hybridized carbons (Fsp3) is 0.714. The minimum atomic E-state index is -1.56.